The van der Waals surface area contributed by atoms with E-state index in [1.165, 1.54) is 0 Å². The van der Waals surface area contributed by atoms with E-state index in [1.54, 1.807) is 12.1 Å². The third kappa shape index (κ3) is 4.99. The summed E-state index contributed by atoms with van der Waals surface area (Å²) in [4.78, 5) is 26.8. The van der Waals surface area contributed by atoms with Gasteiger partial charge >= 0.3 is 0 Å². The second kappa shape index (κ2) is 9.99. The number of rotatable bonds is 6. The molecule has 38 heavy (non-hydrogen) atoms. The van der Waals surface area contributed by atoms with Crippen LogP contribution in [0, 0.1) is 6.92 Å². The number of nitrogens with one attached hydrogen (secondary N) is 2. The van der Waals surface area contributed by atoms with Gasteiger partial charge in [-0.15, -0.1) is 0 Å². The molecule has 7 heteroatoms. The van der Waals surface area contributed by atoms with E-state index >= 15 is 0 Å². The molecular weight excluding hydrogens is 472 g/mol. The molecule has 0 radical (unpaired) electrons. The van der Waals surface area contributed by atoms with Crippen LogP contribution >= 0.6 is 0 Å². The van der Waals surface area contributed by atoms with Crippen molar-refractivity contribution in [2.45, 2.75) is 6.92 Å². The lowest BCUT2D eigenvalue weighted by Gasteiger charge is -2.11. The lowest BCUT2D eigenvalue weighted by Crippen LogP contribution is -2.12. The van der Waals surface area contributed by atoms with Crippen molar-refractivity contribution in [1.82, 2.24) is 19.4 Å². The highest BCUT2D eigenvalue weighted by atomic mass is 16.1. The van der Waals surface area contributed by atoms with E-state index in [-0.39, 0.29) is 5.91 Å². The van der Waals surface area contributed by atoms with E-state index < -0.39 is 0 Å². The van der Waals surface area contributed by atoms with Crippen LogP contribution in [0.4, 0.5) is 17.2 Å². The van der Waals surface area contributed by atoms with Crippen LogP contribution in [-0.2, 0) is 0 Å². The molecular formula is C31H24N6O. The average Bonchev–Trinajstić information content (AvgIpc) is 3.38. The van der Waals surface area contributed by atoms with Crippen LogP contribution in [0.5, 0.6) is 0 Å². The topological polar surface area (TPSA) is 84.2 Å². The number of aryl methyl sites for hydroxylation is 1. The number of imidazole rings is 1. The molecule has 0 bridgehead atoms. The molecule has 0 fully saturated rings. The summed E-state index contributed by atoms with van der Waals surface area (Å²) in [5, 5.41) is 6.32. The lowest BCUT2D eigenvalue weighted by molar-refractivity contribution is 0.102. The number of carbonyl (C=O) groups is 1. The number of nitrogens with zero attached hydrogens (tertiary/aromatic N) is 4. The third-order valence-electron chi connectivity index (χ3n) is 6.09. The number of hydrogen-bond donors (Lipinski definition) is 2. The van der Waals surface area contributed by atoms with Crippen LogP contribution in [0.25, 0.3) is 28.2 Å². The number of benzene rings is 3. The molecule has 7 nitrogen and oxygen atoms in total. The van der Waals surface area contributed by atoms with Crippen molar-refractivity contribution in [3.63, 3.8) is 0 Å². The molecule has 2 N–H and O–H groups in total. The van der Waals surface area contributed by atoms with Gasteiger partial charge in [0.15, 0.2) is 0 Å². The molecule has 0 spiro atoms. The largest absolute Gasteiger partial charge is 0.340 e. The number of anilines is 3. The monoisotopic (exact) mass is 496 g/mol. The predicted molar refractivity (Wildman–Crippen MR) is 151 cm³/mol. The third-order valence-corrected chi connectivity index (χ3v) is 6.09. The normalized spacial score (nSPS) is 10.9. The van der Waals surface area contributed by atoms with Gasteiger partial charge in [-0.05, 0) is 37.3 Å². The SMILES string of the molecule is Cc1nc(Nc2cccc(NC(=O)c3ccn4cc(-c5ccccc5)nc4c3)c2)cc(-c2ccccc2)n1. The Labute approximate surface area is 219 Å². The quantitative estimate of drug-likeness (QED) is 0.266. The van der Waals surface area contributed by atoms with Crippen LogP contribution in [0.15, 0.2) is 116 Å². The van der Waals surface area contributed by atoms with Crippen molar-refractivity contribution >= 4 is 28.7 Å². The molecule has 0 aliphatic rings. The Kier molecular flexibility index (Phi) is 6.08. The standard InChI is InChI=1S/C31H24N6O/c1-21-32-27(22-9-4-2-5-10-22)19-29(33-21)34-25-13-8-14-26(18-25)35-31(38)24-15-16-37-20-28(36-30(37)17-24)23-11-6-3-7-12-23/h2-20H,1H3,(H,35,38)(H,32,33,34). The van der Waals surface area contributed by atoms with Crippen LogP contribution in [0.1, 0.15) is 16.2 Å². The molecule has 0 unspecified atom stereocenters. The number of amides is 1. The van der Waals surface area contributed by atoms with Gasteiger partial charge in [-0.3, -0.25) is 4.79 Å². The zero-order valence-corrected chi connectivity index (χ0v) is 20.7. The van der Waals surface area contributed by atoms with Gasteiger partial charge in [0, 0.05) is 46.5 Å². The molecule has 3 heterocycles. The Morgan fingerprint density at radius 2 is 1.42 bits per heavy atom. The highest BCUT2D eigenvalue weighted by Crippen LogP contribution is 2.24. The van der Waals surface area contributed by atoms with Gasteiger partial charge < -0.3 is 15.0 Å². The first-order chi connectivity index (χ1) is 18.6. The van der Waals surface area contributed by atoms with Gasteiger partial charge in [0.25, 0.3) is 5.91 Å². The van der Waals surface area contributed by atoms with E-state index in [0.29, 0.717) is 28.5 Å². The van der Waals surface area contributed by atoms with Crippen LogP contribution in [0.3, 0.4) is 0 Å². The first-order valence-corrected chi connectivity index (χ1v) is 12.2. The summed E-state index contributed by atoms with van der Waals surface area (Å²) < 4.78 is 1.91. The van der Waals surface area contributed by atoms with Gasteiger partial charge in [-0.2, -0.15) is 0 Å². The lowest BCUT2D eigenvalue weighted by atomic mass is 10.1. The number of fused-ring (bicyclic) bond motifs is 1. The minimum atomic E-state index is -0.210. The van der Waals surface area contributed by atoms with E-state index in [1.807, 2.05) is 115 Å². The summed E-state index contributed by atoms with van der Waals surface area (Å²) >= 11 is 0. The van der Waals surface area contributed by atoms with Crippen molar-refractivity contribution in [3.8, 4) is 22.5 Å². The Hall–Kier alpha value is -5.30. The molecule has 0 aliphatic carbocycles. The number of carbonyl (C=O) groups excluding carboxylic acids is 1. The van der Waals surface area contributed by atoms with Crippen LogP contribution in [0.2, 0.25) is 0 Å². The molecule has 0 saturated carbocycles. The fourth-order valence-electron chi connectivity index (χ4n) is 4.29. The van der Waals surface area contributed by atoms with Gasteiger partial charge in [0.2, 0.25) is 0 Å². The minimum Gasteiger partial charge on any atom is -0.340 e. The van der Waals surface area contributed by atoms with Gasteiger partial charge in [-0.25, -0.2) is 15.0 Å². The molecule has 6 rings (SSSR count). The second-order valence-corrected chi connectivity index (χ2v) is 8.88. The summed E-state index contributed by atoms with van der Waals surface area (Å²) in [5.74, 6) is 1.14. The van der Waals surface area contributed by atoms with Crippen molar-refractivity contribution in [2.75, 3.05) is 10.6 Å². The van der Waals surface area contributed by atoms with E-state index in [9.17, 15) is 4.79 Å². The van der Waals surface area contributed by atoms with Crippen LogP contribution < -0.4 is 10.6 Å². The van der Waals surface area contributed by atoms with Crippen molar-refractivity contribution < 1.29 is 4.79 Å². The molecule has 1 amide bonds. The van der Waals surface area contributed by atoms with E-state index in [2.05, 4.69) is 20.6 Å². The molecule has 184 valence electrons. The number of pyridine rings is 1. The molecule has 3 aromatic carbocycles. The summed E-state index contributed by atoms with van der Waals surface area (Å²) in [6.07, 6.45) is 3.81. The highest BCUT2D eigenvalue weighted by molar-refractivity contribution is 6.05. The Bertz CT molecular complexity index is 1750. The first kappa shape index (κ1) is 23.1. The minimum absolute atomic E-state index is 0.210. The predicted octanol–water partition coefficient (Wildman–Crippen LogP) is 6.76. The zero-order chi connectivity index (χ0) is 25.9. The second-order valence-electron chi connectivity index (χ2n) is 8.88. The molecule has 0 saturated heterocycles. The highest BCUT2D eigenvalue weighted by Gasteiger charge is 2.11. The smallest absolute Gasteiger partial charge is 0.255 e. The summed E-state index contributed by atoms with van der Waals surface area (Å²) in [6, 6.07) is 33.0. The summed E-state index contributed by atoms with van der Waals surface area (Å²) in [5.41, 5.74) is 6.46. The fourth-order valence-corrected chi connectivity index (χ4v) is 4.29. The molecule has 0 aliphatic heterocycles. The number of aromatic nitrogens is 4. The summed E-state index contributed by atoms with van der Waals surface area (Å²) in [6.45, 7) is 1.87. The summed E-state index contributed by atoms with van der Waals surface area (Å²) in [7, 11) is 0. The Balaban J connectivity index is 1.20. The number of hydrogen-bond acceptors (Lipinski definition) is 5. The van der Waals surface area contributed by atoms with Crippen molar-refractivity contribution in [2.24, 2.45) is 0 Å². The average molecular weight is 497 g/mol. The maximum atomic E-state index is 13.1. The Morgan fingerprint density at radius 1 is 0.711 bits per heavy atom. The molecule has 0 atom stereocenters. The fraction of sp³-hybridized carbons (Fsp3) is 0.0323. The van der Waals surface area contributed by atoms with E-state index in [0.717, 1.165) is 28.2 Å². The Morgan fingerprint density at radius 3 is 2.18 bits per heavy atom. The maximum absolute atomic E-state index is 13.1. The van der Waals surface area contributed by atoms with Crippen molar-refractivity contribution in [3.05, 3.63) is 127 Å². The zero-order valence-electron chi connectivity index (χ0n) is 20.7. The maximum Gasteiger partial charge on any atom is 0.255 e. The van der Waals surface area contributed by atoms with E-state index in [4.69, 9.17) is 4.98 Å². The molecule has 3 aromatic heterocycles. The van der Waals surface area contributed by atoms with Crippen LogP contribution in [-0.4, -0.2) is 25.3 Å². The van der Waals surface area contributed by atoms with Gasteiger partial charge in [-0.1, -0.05) is 66.7 Å². The first-order valence-electron chi connectivity index (χ1n) is 12.2. The van der Waals surface area contributed by atoms with Crippen molar-refractivity contribution in [1.29, 1.82) is 0 Å². The van der Waals surface area contributed by atoms with Gasteiger partial charge in [0.05, 0.1) is 11.4 Å². The molecule has 6 aromatic rings. The van der Waals surface area contributed by atoms with Gasteiger partial charge in [0.1, 0.15) is 17.3 Å².